The molecular formula is C12H9Cl3N2O2. The Labute approximate surface area is 124 Å². The Hall–Kier alpha value is -1.10. The number of benzene rings is 1. The molecule has 0 spiro atoms. The number of aliphatic hydroxyl groups is 1. The average Bonchev–Trinajstić information content (AvgIpc) is 2.31. The second-order valence-corrected chi connectivity index (χ2v) is 5.24. The predicted octanol–water partition coefficient (Wildman–Crippen LogP) is 5.25. The number of hydrogen-bond acceptors (Lipinski definition) is 4. The summed E-state index contributed by atoms with van der Waals surface area (Å²) in [6.45, 7) is 0. The van der Waals surface area contributed by atoms with Crippen molar-refractivity contribution in [1.29, 1.82) is 0 Å². The molecule has 1 aromatic rings. The summed E-state index contributed by atoms with van der Waals surface area (Å²) in [6.07, 6.45) is 1.38. The zero-order valence-corrected chi connectivity index (χ0v) is 11.9. The van der Waals surface area contributed by atoms with Crippen molar-refractivity contribution >= 4 is 46.3 Å². The van der Waals surface area contributed by atoms with Crippen molar-refractivity contribution in [1.82, 2.24) is 0 Å². The van der Waals surface area contributed by atoms with E-state index in [0.717, 1.165) is 0 Å². The third-order valence-electron chi connectivity index (χ3n) is 2.59. The summed E-state index contributed by atoms with van der Waals surface area (Å²) in [5, 5.41) is 18.0. The quantitative estimate of drug-likeness (QED) is 0.756. The lowest BCUT2D eigenvalue weighted by atomic mass is 10.0. The first-order valence-electron chi connectivity index (χ1n) is 5.50. The van der Waals surface area contributed by atoms with Crippen molar-refractivity contribution in [2.24, 2.45) is 10.2 Å². The number of aliphatic hydroxyl groups excluding tert-OH is 1. The topological polar surface area (TPSA) is 62.0 Å². The minimum atomic E-state index is -0.242. The van der Waals surface area contributed by atoms with Gasteiger partial charge in [-0.25, -0.2) is 0 Å². The van der Waals surface area contributed by atoms with Crippen molar-refractivity contribution in [3.8, 4) is 0 Å². The Balaban J connectivity index is 2.36. The fraction of sp³-hybridized carbons (Fsp3) is 0.250. The zero-order chi connectivity index (χ0) is 14.0. The second kappa shape index (κ2) is 5.90. The third kappa shape index (κ3) is 3.26. The van der Waals surface area contributed by atoms with Crippen LogP contribution < -0.4 is 0 Å². The molecule has 1 aliphatic rings. The van der Waals surface area contributed by atoms with Gasteiger partial charge < -0.3 is 5.11 Å². The van der Waals surface area contributed by atoms with Crippen LogP contribution in [0.15, 0.2) is 33.8 Å². The number of ketones is 1. The molecule has 0 heterocycles. The van der Waals surface area contributed by atoms with Crippen LogP contribution in [0.4, 0.5) is 5.69 Å². The van der Waals surface area contributed by atoms with Crippen LogP contribution in [0.3, 0.4) is 0 Å². The first-order chi connectivity index (χ1) is 8.99. The number of rotatable bonds is 2. The van der Waals surface area contributed by atoms with Crippen LogP contribution in [0.25, 0.3) is 0 Å². The molecule has 0 saturated carbocycles. The summed E-state index contributed by atoms with van der Waals surface area (Å²) in [6, 6.07) is 2.94. The highest BCUT2D eigenvalue weighted by Crippen LogP contribution is 2.36. The maximum atomic E-state index is 11.6. The van der Waals surface area contributed by atoms with Gasteiger partial charge in [0, 0.05) is 17.9 Å². The first-order valence-corrected chi connectivity index (χ1v) is 6.64. The van der Waals surface area contributed by atoms with Crippen LogP contribution in [-0.4, -0.2) is 10.9 Å². The van der Waals surface area contributed by atoms with E-state index in [1.54, 1.807) is 0 Å². The molecule has 7 heteroatoms. The standard InChI is InChI=1S/C12H9Cl3N2O2/c13-6-4-7(14)11(8(15)5-6)16-17-12-9(18)2-1-3-10(12)19/h4-5,18H,1-3H2. The van der Waals surface area contributed by atoms with Crippen molar-refractivity contribution in [2.45, 2.75) is 19.3 Å². The van der Waals surface area contributed by atoms with Crippen LogP contribution in [0.1, 0.15) is 19.3 Å². The number of hydrogen-bond donors (Lipinski definition) is 1. The molecule has 1 aliphatic carbocycles. The van der Waals surface area contributed by atoms with Crippen molar-refractivity contribution in [2.75, 3.05) is 0 Å². The van der Waals surface area contributed by atoms with Crippen molar-refractivity contribution in [3.05, 3.63) is 38.7 Å². The molecule has 2 rings (SSSR count). The summed E-state index contributed by atoms with van der Waals surface area (Å²) in [5.74, 6) is -0.296. The van der Waals surface area contributed by atoms with Gasteiger partial charge in [-0.15, -0.1) is 10.2 Å². The maximum Gasteiger partial charge on any atom is 0.186 e. The van der Waals surface area contributed by atoms with E-state index in [9.17, 15) is 9.90 Å². The molecule has 1 aromatic carbocycles. The molecule has 1 N–H and O–H groups in total. The van der Waals surface area contributed by atoms with Gasteiger partial charge >= 0.3 is 0 Å². The van der Waals surface area contributed by atoms with Gasteiger partial charge in [0.05, 0.1) is 10.0 Å². The number of carbonyl (C=O) groups is 1. The van der Waals surface area contributed by atoms with Gasteiger partial charge in [0.25, 0.3) is 0 Å². The molecule has 0 atom stereocenters. The van der Waals surface area contributed by atoms with Gasteiger partial charge in [-0.1, -0.05) is 34.8 Å². The zero-order valence-electron chi connectivity index (χ0n) is 9.66. The van der Waals surface area contributed by atoms with E-state index in [2.05, 4.69) is 10.2 Å². The van der Waals surface area contributed by atoms with Gasteiger partial charge in [-0.2, -0.15) is 0 Å². The van der Waals surface area contributed by atoms with Crippen LogP contribution in [-0.2, 0) is 4.79 Å². The summed E-state index contributed by atoms with van der Waals surface area (Å²) < 4.78 is 0. The fourth-order valence-electron chi connectivity index (χ4n) is 1.66. The SMILES string of the molecule is O=C1CCCC(O)=C1N=Nc1c(Cl)cc(Cl)cc1Cl. The molecule has 0 bridgehead atoms. The van der Waals surface area contributed by atoms with Gasteiger partial charge in [0.15, 0.2) is 11.5 Å². The minimum absolute atomic E-state index is 0.0340. The van der Waals surface area contributed by atoms with E-state index in [1.165, 1.54) is 12.1 Å². The lowest BCUT2D eigenvalue weighted by Gasteiger charge is -2.10. The van der Waals surface area contributed by atoms with Gasteiger partial charge in [0.1, 0.15) is 11.4 Å². The Morgan fingerprint density at radius 1 is 1.05 bits per heavy atom. The molecule has 0 saturated heterocycles. The third-order valence-corrected chi connectivity index (χ3v) is 3.38. The minimum Gasteiger partial charge on any atom is -0.510 e. The monoisotopic (exact) mass is 318 g/mol. The molecule has 0 amide bonds. The number of allylic oxidation sites excluding steroid dienone is 2. The van der Waals surface area contributed by atoms with E-state index in [4.69, 9.17) is 34.8 Å². The molecule has 19 heavy (non-hydrogen) atoms. The Kier molecular flexibility index (Phi) is 4.45. The van der Waals surface area contributed by atoms with Crippen LogP contribution >= 0.6 is 34.8 Å². The van der Waals surface area contributed by atoms with Crippen molar-refractivity contribution < 1.29 is 9.90 Å². The Morgan fingerprint density at radius 2 is 1.68 bits per heavy atom. The molecule has 100 valence electrons. The summed E-state index contributed by atoms with van der Waals surface area (Å²) in [5.41, 5.74) is 0.180. The predicted molar refractivity (Wildman–Crippen MR) is 74.5 cm³/mol. The Bertz CT molecular complexity index is 574. The molecule has 0 aromatic heterocycles. The van der Waals surface area contributed by atoms with E-state index in [-0.39, 0.29) is 33.0 Å². The van der Waals surface area contributed by atoms with Crippen LogP contribution in [0.2, 0.25) is 15.1 Å². The maximum absolute atomic E-state index is 11.6. The summed E-state index contributed by atoms with van der Waals surface area (Å²) in [7, 11) is 0. The number of halogens is 3. The van der Waals surface area contributed by atoms with Crippen molar-refractivity contribution in [3.63, 3.8) is 0 Å². The average molecular weight is 320 g/mol. The number of azo groups is 1. The largest absolute Gasteiger partial charge is 0.510 e. The lowest BCUT2D eigenvalue weighted by molar-refractivity contribution is -0.116. The summed E-state index contributed by atoms with van der Waals surface area (Å²) >= 11 is 17.7. The van der Waals surface area contributed by atoms with E-state index in [0.29, 0.717) is 24.3 Å². The highest BCUT2D eigenvalue weighted by Gasteiger charge is 2.20. The number of nitrogens with zero attached hydrogens (tertiary/aromatic N) is 2. The van der Waals surface area contributed by atoms with Crippen LogP contribution in [0.5, 0.6) is 0 Å². The first kappa shape index (κ1) is 14.3. The molecule has 0 radical (unpaired) electrons. The van der Waals surface area contributed by atoms with Gasteiger partial charge in [-0.3, -0.25) is 4.79 Å². The fourth-order valence-corrected chi connectivity index (χ4v) is 2.55. The molecular weight excluding hydrogens is 311 g/mol. The summed E-state index contributed by atoms with van der Waals surface area (Å²) in [4.78, 5) is 11.6. The highest BCUT2D eigenvalue weighted by molar-refractivity contribution is 6.41. The number of Topliss-reactive ketones (excluding diaryl/α,β-unsaturated/α-hetero) is 1. The van der Waals surface area contributed by atoms with Crippen LogP contribution in [0, 0.1) is 0 Å². The van der Waals surface area contributed by atoms with E-state index in [1.807, 2.05) is 0 Å². The molecule has 4 nitrogen and oxygen atoms in total. The van der Waals surface area contributed by atoms with E-state index < -0.39 is 0 Å². The van der Waals surface area contributed by atoms with Gasteiger partial charge in [0.2, 0.25) is 0 Å². The smallest absolute Gasteiger partial charge is 0.186 e. The number of carbonyl (C=O) groups excluding carboxylic acids is 1. The molecule has 0 aliphatic heterocycles. The lowest BCUT2D eigenvalue weighted by Crippen LogP contribution is -2.09. The Morgan fingerprint density at radius 3 is 2.26 bits per heavy atom. The highest BCUT2D eigenvalue weighted by atomic mass is 35.5. The molecule has 0 unspecified atom stereocenters. The second-order valence-electron chi connectivity index (χ2n) is 3.99. The normalized spacial score (nSPS) is 16.5. The molecule has 0 fully saturated rings. The van der Waals surface area contributed by atoms with E-state index >= 15 is 0 Å². The van der Waals surface area contributed by atoms with Gasteiger partial charge in [-0.05, 0) is 18.6 Å².